The number of aryl methyl sites for hydroxylation is 1. The van der Waals surface area contributed by atoms with E-state index in [0.717, 1.165) is 34.6 Å². The molecule has 0 aromatic heterocycles. The first-order valence-electron chi connectivity index (χ1n) is 12.9. The second-order valence-electron chi connectivity index (χ2n) is 9.16. The van der Waals surface area contributed by atoms with Crippen molar-refractivity contribution in [2.75, 3.05) is 23.0 Å². The molecule has 0 bridgehead atoms. The van der Waals surface area contributed by atoms with Gasteiger partial charge >= 0.3 is 0 Å². The lowest BCUT2D eigenvalue weighted by Gasteiger charge is -2.30. The van der Waals surface area contributed by atoms with E-state index in [1.807, 2.05) is 73.3 Å². The highest BCUT2D eigenvalue weighted by molar-refractivity contribution is 7.99. The minimum atomic E-state index is -0.196. The quantitative estimate of drug-likeness (QED) is 0.231. The zero-order chi connectivity index (χ0) is 26.0. The van der Waals surface area contributed by atoms with Crippen molar-refractivity contribution in [1.82, 2.24) is 5.32 Å². The summed E-state index contributed by atoms with van der Waals surface area (Å²) in [4.78, 5) is 27.7. The molecule has 0 atom stereocenters. The van der Waals surface area contributed by atoms with Crippen molar-refractivity contribution in [2.24, 2.45) is 0 Å². The molecule has 0 fully saturated rings. The number of nitrogens with zero attached hydrogens (tertiary/aromatic N) is 1. The van der Waals surface area contributed by atoms with E-state index < -0.39 is 0 Å². The molecule has 0 saturated carbocycles. The number of anilines is 1. The lowest BCUT2D eigenvalue weighted by Crippen LogP contribution is -2.36. The molecule has 3 aromatic rings. The third-order valence-corrected chi connectivity index (χ3v) is 7.27. The van der Waals surface area contributed by atoms with Crippen molar-refractivity contribution in [2.45, 2.75) is 39.7 Å². The molecule has 1 N–H and O–H groups in total. The van der Waals surface area contributed by atoms with E-state index in [-0.39, 0.29) is 17.6 Å². The van der Waals surface area contributed by atoms with Gasteiger partial charge in [0.2, 0.25) is 0 Å². The highest BCUT2D eigenvalue weighted by Gasteiger charge is 2.30. The van der Waals surface area contributed by atoms with Crippen LogP contribution in [-0.4, -0.2) is 29.9 Å². The number of carbonyl (C=O) groups is 2. The number of nitrogens with one attached hydrogen (secondary N) is 1. The van der Waals surface area contributed by atoms with Crippen LogP contribution in [0.4, 0.5) is 5.69 Å². The van der Waals surface area contributed by atoms with Crippen LogP contribution in [0, 0.1) is 6.92 Å². The van der Waals surface area contributed by atoms with Gasteiger partial charge in [-0.3, -0.25) is 14.5 Å². The van der Waals surface area contributed by atoms with E-state index >= 15 is 0 Å². The Hall–Kier alpha value is -3.51. The molecule has 0 radical (unpaired) electrons. The predicted molar refractivity (Wildman–Crippen MR) is 153 cm³/mol. The molecular weight excluding hydrogens is 480 g/mol. The van der Waals surface area contributed by atoms with Crippen LogP contribution < -0.4 is 15.0 Å². The van der Waals surface area contributed by atoms with Crippen LogP contribution in [0.3, 0.4) is 0 Å². The second kappa shape index (κ2) is 13.2. The van der Waals surface area contributed by atoms with Crippen LogP contribution in [-0.2, 0) is 11.3 Å². The third kappa shape index (κ3) is 7.26. The topological polar surface area (TPSA) is 58.6 Å². The van der Waals surface area contributed by atoms with E-state index in [1.54, 1.807) is 23.1 Å². The molecule has 2 amide bonds. The number of rotatable bonds is 11. The van der Waals surface area contributed by atoms with E-state index in [4.69, 9.17) is 4.74 Å². The Kier molecular flexibility index (Phi) is 9.44. The fourth-order valence-corrected chi connectivity index (χ4v) is 5.17. The maximum Gasteiger partial charge on any atom is 0.294 e. The summed E-state index contributed by atoms with van der Waals surface area (Å²) in [5.41, 5.74) is 4.35. The number of fused-ring (bicyclic) bond motifs is 1. The number of para-hydroxylation sites is 2. The molecule has 37 heavy (non-hydrogen) atoms. The second-order valence-corrected chi connectivity index (χ2v) is 10.4. The summed E-state index contributed by atoms with van der Waals surface area (Å²) in [6.07, 6.45) is 5.16. The van der Waals surface area contributed by atoms with Gasteiger partial charge in [-0.05, 0) is 72.7 Å². The molecule has 0 spiro atoms. The summed E-state index contributed by atoms with van der Waals surface area (Å²) in [6.45, 7) is 5.36. The zero-order valence-corrected chi connectivity index (χ0v) is 22.4. The van der Waals surface area contributed by atoms with Crippen molar-refractivity contribution in [1.29, 1.82) is 0 Å². The molecule has 1 heterocycles. The fourth-order valence-electron chi connectivity index (χ4n) is 4.12. The van der Waals surface area contributed by atoms with Crippen molar-refractivity contribution in [3.05, 3.63) is 101 Å². The number of benzene rings is 3. The summed E-state index contributed by atoms with van der Waals surface area (Å²) in [6, 6.07) is 23.0. The van der Waals surface area contributed by atoms with Crippen molar-refractivity contribution in [3.63, 3.8) is 0 Å². The number of thioether (sulfide) groups is 1. The van der Waals surface area contributed by atoms with Gasteiger partial charge in [0, 0.05) is 12.1 Å². The Bertz CT molecular complexity index is 1250. The molecule has 1 aliphatic rings. The van der Waals surface area contributed by atoms with Crippen LogP contribution >= 0.6 is 11.8 Å². The summed E-state index contributed by atoms with van der Waals surface area (Å²) >= 11 is 1.94. The summed E-state index contributed by atoms with van der Waals surface area (Å²) < 4.78 is 6.01. The number of unbranched alkanes of at least 4 members (excludes halogenated alkanes) is 1. The van der Waals surface area contributed by atoms with Gasteiger partial charge in [-0.2, -0.15) is 11.8 Å². The van der Waals surface area contributed by atoms with Crippen LogP contribution in [0.15, 0.2) is 78.6 Å². The molecule has 6 heteroatoms. The number of amides is 2. The first-order chi connectivity index (χ1) is 18.0. The molecular formula is C31H34N2O3S. The number of carbonyl (C=O) groups excluding carboxylic acids is 2. The molecule has 0 unspecified atom stereocenters. The standard InChI is InChI=1S/C31H34N2O3S/c1-3-4-18-37-19-8-17-32-30(34)26-15-13-24(14-16-26)21-29-31(35)33(22-25-10-7-9-23(2)20-25)27-11-5-6-12-28(27)36-29/h5-7,9-16,20-21H,3-4,8,17-19,22H2,1-2H3,(H,32,34)/b29-21+. The Morgan fingerprint density at radius 1 is 1.00 bits per heavy atom. The van der Waals surface area contributed by atoms with Crippen LogP contribution in [0.25, 0.3) is 6.08 Å². The van der Waals surface area contributed by atoms with Crippen molar-refractivity contribution in [3.8, 4) is 5.75 Å². The van der Waals surface area contributed by atoms with Crippen LogP contribution in [0.1, 0.15) is 53.2 Å². The Morgan fingerprint density at radius 3 is 2.57 bits per heavy atom. The molecule has 3 aromatic carbocycles. The molecule has 0 aliphatic carbocycles. The zero-order valence-electron chi connectivity index (χ0n) is 21.5. The summed E-state index contributed by atoms with van der Waals surface area (Å²) in [5.74, 6) is 2.86. The van der Waals surface area contributed by atoms with Gasteiger partial charge in [0.05, 0.1) is 12.2 Å². The Morgan fingerprint density at radius 2 is 1.78 bits per heavy atom. The SMILES string of the molecule is CCCCSCCCNC(=O)c1ccc(/C=C2/Oc3ccccc3N(Cc3cccc(C)c3)C2=O)cc1. The number of hydrogen-bond donors (Lipinski definition) is 1. The van der Waals surface area contributed by atoms with E-state index in [1.165, 1.54) is 18.6 Å². The lowest BCUT2D eigenvalue weighted by atomic mass is 10.1. The Labute approximate surface area is 223 Å². The fraction of sp³-hybridized carbons (Fsp3) is 0.290. The van der Waals surface area contributed by atoms with Crippen LogP contribution in [0.5, 0.6) is 5.75 Å². The Balaban J connectivity index is 1.42. The predicted octanol–water partition coefficient (Wildman–Crippen LogP) is 6.61. The van der Waals surface area contributed by atoms with Gasteiger partial charge in [0.1, 0.15) is 0 Å². The molecule has 4 rings (SSSR count). The first-order valence-corrected chi connectivity index (χ1v) is 14.0. The van der Waals surface area contributed by atoms with Crippen molar-refractivity contribution < 1.29 is 14.3 Å². The normalized spacial score (nSPS) is 13.8. The minimum absolute atomic E-state index is 0.0824. The number of hydrogen-bond acceptors (Lipinski definition) is 4. The van der Waals surface area contributed by atoms with E-state index in [2.05, 4.69) is 18.3 Å². The third-order valence-electron chi connectivity index (χ3n) is 6.12. The van der Waals surface area contributed by atoms with Gasteiger partial charge in [0.15, 0.2) is 11.5 Å². The average molecular weight is 515 g/mol. The number of ether oxygens (including phenoxy) is 1. The van der Waals surface area contributed by atoms with E-state index in [0.29, 0.717) is 24.4 Å². The lowest BCUT2D eigenvalue weighted by molar-refractivity contribution is -0.117. The largest absolute Gasteiger partial charge is 0.449 e. The molecule has 192 valence electrons. The van der Waals surface area contributed by atoms with Gasteiger partial charge < -0.3 is 10.1 Å². The summed E-state index contributed by atoms with van der Waals surface area (Å²) in [5, 5.41) is 2.99. The van der Waals surface area contributed by atoms with Crippen LogP contribution in [0.2, 0.25) is 0 Å². The molecule has 0 saturated heterocycles. The monoisotopic (exact) mass is 514 g/mol. The minimum Gasteiger partial charge on any atom is -0.449 e. The van der Waals surface area contributed by atoms with Crippen molar-refractivity contribution >= 4 is 35.3 Å². The average Bonchev–Trinajstić information content (AvgIpc) is 2.91. The van der Waals surface area contributed by atoms with E-state index in [9.17, 15) is 9.59 Å². The molecule has 5 nitrogen and oxygen atoms in total. The maximum absolute atomic E-state index is 13.5. The summed E-state index contributed by atoms with van der Waals surface area (Å²) in [7, 11) is 0. The first kappa shape index (κ1) is 26.6. The van der Waals surface area contributed by atoms with Gasteiger partial charge in [-0.15, -0.1) is 0 Å². The van der Waals surface area contributed by atoms with Gasteiger partial charge in [-0.25, -0.2) is 0 Å². The van der Waals surface area contributed by atoms with Gasteiger partial charge in [-0.1, -0.05) is 67.4 Å². The maximum atomic E-state index is 13.5. The van der Waals surface area contributed by atoms with Gasteiger partial charge in [0.25, 0.3) is 11.8 Å². The highest BCUT2D eigenvalue weighted by Crippen LogP contribution is 2.36. The molecule has 1 aliphatic heterocycles. The highest BCUT2D eigenvalue weighted by atomic mass is 32.2. The smallest absolute Gasteiger partial charge is 0.294 e.